The first-order valence-corrected chi connectivity index (χ1v) is 13.1. The molecule has 5 N–H and O–H groups in total. The second kappa shape index (κ2) is 12.0. The number of benzene rings is 2. The first kappa shape index (κ1) is 27.1. The van der Waals surface area contributed by atoms with E-state index in [1.807, 2.05) is 0 Å². The highest BCUT2D eigenvalue weighted by Gasteiger charge is 2.36. The maximum atomic E-state index is 14.0. The number of ether oxygens (including phenoxy) is 1. The molecule has 4 rings (SSSR count). The maximum Gasteiger partial charge on any atom is 0.270 e. The molecular weight excluding hydrogens is 509 g/mol. The number of carbonyl (C=O) groups is 3. The fourth-order valence-electron chi connectivity index (χ4n) is 4.65. The molecule has 200 valence electrons. The lowest BCUT2D eigenvalue weighted by atomic mass is 9.94. The van der Waals surface area contributed by atoms with Crippen molar-refractivity contribution in [1.82, 2.24) is 14.6 Å². The predicted molar refractivity (Wildman–Crippen MR) is 142 cm³/mol. The van der Waals surface area contributed by atoms with Gasteiger partial charge in [0.2, 0.25) is 5.91 Å². The number of primary amides is 1. The van der Waals surface area contributed by atoms with Crippen LogP contribution in [-0.4, -0.2) is 40.1 Å². The fourth-order valence-corrected chi connectivity index (χ4v) is 5.41. The molecule has 11 heteroatoms. The van der Waals surface area contributed by atoms with Gasteiger partial charge < -0.3 is 26.4 Å². The lowest BCUT2D eigenvalue weighted by Gasteiger charge is -2.33. The minimum absolute atomic E-state index is 0.000587. The summed E-state index contributed by atoms with van der Waals surface area (Å²) in [6.45, 7) is -0.000587. The molecule has 1 atom stereocenters. The number of nitrogens with zero attached hydrogens (tertiary/aromatic N) is 2. The summed E-state index contributed by atoms with van der Waals surface area (Å²) in [5, 5.41) is 3.10. The zero-order chi connectivity index (χ0) is 27.2. The Balaban J connectivity index is 1.79. The van der Waals surface area contributed by atoms with Gasteiger partial charge in [0.15, 0.2) is 5.69 Å². The number of halogens is 1. The van der Waals surface area contributed by atoms with Crippen molar-refractivity contribution in [3.05, 3.63) is 76.0 Å². The summed E-state index contributed by atoms with van der Waals surface area (Å²) in [7, 11) is 1.53. The molecule has 0 spiro atoms. The van der Waals surface area contributed by atoms with E-state index in [2.05, 4.69) is 9.69 Å². The zero-order valence-electron chi connectivity index (χ0n) is 21.0. The van der Waals surface area contributed by atoms with Crippen molar-refractivity contribution in [1.29, 1.82) is 0 Å². The van der Waals surface area contributed by atoms with Gasteiger partial charge in [-0.3, -0.25) is 14.4 Å². The quantitative estimate of drug-likeness (QED) is 0.378. The van der Waals surface area contributed by atoms with Crippen LogP contribution in [-0.2, 0) is 11.3 Å². The Morgan fingerprint density at radius 1 is 1.16 bits per heavy atom. The zero-order valence-corrected chi connectivity index (χ0v) is 21.8. The normalized spacial score (nSPS) is 14.5. The number of nitrogens with two attached hydrogens (primary N) is 2. The van der Waals surface area contributed by atoms with Crippen LogP contribution in [0.15, 0.2) is 48.5 Å². The number of nitrogens with one attached hydrogen (secondary N) is 1. The molecule has 1 fully saturated rings. The molecule has 3 aromatic rings. The van der Waals surface area contributed by atoms with Crippen LogP contribution in [0.3, 0.4) is 0 Å². The van der Waals surface area contributed by atoms with Gasteiger partial charge in [-0.15, -0.1) is 0 Å². The summed E-state index contributed by atoms with van der Waals surface area (Å²) >= 11 is 0.738. The van der Waals surface area contributed by atoms with E-state index in [-0.39, 0.29) is 28.8 Å². The number of amides is 3. The lowest BCUT2D eigenvalue weighted by Crippen LogP contribution is -2.46. The summed E-state index contributed by atoms with van der Waals surface area (Å²) in [6.07, 6.45) is 4.81. The minimum Gasteiger partial charge on any atom is -0.497 e. The molecule has 38 heavy (non-hydrogen) atoms. The predicted octanol–water partition coefficient (Wildman–Crippen LogP) is 3.80. The number of carbonyl (C=O) groups excluding carboxylic acids is 3. The Bertz CT molecular complexity index is 1310. The minimum atomic E-state index is -1.12. The molecule has 0 radical (unpaired) electrons. The van der Waals surface area contributed by atoms with Gasteiger partial charge in [-0.2, -0.15) is 4.37 Å². The average Bonchev–Trinajstić information content (AvgIpc) is 3.31. The van der Waals surface area contributed by atoms with E-state index < -0.39 is 29.6 Å². The molecule has 9 nitrogen and oxygen atoms in total. The Morgan fingerprint density at radius 3 is 2.50 bits per heavy atom. The molecule has 1 aromatic heterocycles. The average molecular weight is 540 g/mol. The number of nitrogen functional groups attached to an aromatic ring is 1. The van der Waals surface area contributed by atoms with Gasteiger partial charge in [0.1, 0.15) is 22.5 Å². The number of hydrogen-bond donors (Lipinski definition) is 3. The van der Waals surface area contributed by atoms with E-state index in [0.717, 1.165) is 43.6 Å². The van der Waals surface area contributed by atoms with Crippen molar-refractivity contribution in [2.24, 2.45) is 5.73 Å². The summed E-state index contributed by atoms with van der Waals surface area (Å²) in [5.41, 5.74) is 12.2. The van der Waals surface area contributed by atoms with E-state index in [0.29, 0.717) is 16.9 Å². The van der Waals surface area contributed by atoms with E-state index in [1.165, 1.54) is 36.3 Å². The second-order valence-corrected chi connectivity index (χ2v) is 9.99. The van der Waals surface area contributed by atoms with Gasteiger partial charge >= 0.3 is 0 Å². The fraction of sp³-hybridized carbons (Fsp3) is 0.333. The van der Waals surface area contributed by atoms with E-state index in [4.69, 9.17) is 16.2 Å². The van der Waals surface area contributed by atoms with Gasteiger partial charge in [-0.05, 0) is 59.8 Å². The Hall–Kier alpha value is -3.99. The number of hydrogen-bond acceptors (Lipinski definition) is 7. The highest BCUT2D eigenvalue weighted by molar-refractivity contribution is 7.09. The van der Waals surface area contributed by atoms with Crippen LogP contribution in [0.1, 0.15) is 69.4 Å². The number of aromatic nitrogens is 1. The highest BCUT2D eigenvalue weighted by atomic mass is 32.1. The molecule has 1 heterocycles. The van der Waals surface area contributed by atoms with Crippen LogP contribution >= 0.6 is 11.5 Å². The Kier molecular flexibility index (Phi) is 8.57. The van der Waals surface area contributed by atoms with Crippen molar-refractivity contribution < 1.29 is 23.5 Å². The third kappa shape index (κ3) is 6.10. The highest BCUT2D eigenvalue weighted by Crippen LogP contribution is 2.31. The molecular formula is C27H30FN5O4S. The number of rotatable bonds is 9. The lowest BCUT2D eigenvalue weighted by molar-refractivity contribution is -0.127. The van der Waals surface area contributed by atoms with Crippen LogP contribution in [0.5, 0.6) is 5.75 Å². The van der Waals surface area contributed by atoms with Crippen molar-refractivity contribution in [3.63, 3.8) is 0 Å². The largest absolute Gasteiger partial charge is 0.497 e. The summed E-state index contributed by atoms with van der Waals surface area (Å²) in [4.78, 5) is 41.0. The van der Waals surface area contributed by atoms with Gasteiger partial charge in [0, 0.05) is 12.6 Å². The molecule has 2 aromatic carbocycles. The molecule has 0 unspecified atom stereocenters. The SMILES string of the molecule is COc1cccc(CN(C(=O)c2snc(C(N)=O)c2N)[C@@H](C(=O)NC2CCCCC2)c2ccc(F)cc2)c1. The standard InChI is InChI=1S/C27H30FN5O4S/c1-37-20-9-5-6-16(14-20)15-33(27(36)24-21(29)22(25(30)34)32-38-24)23(17-10-12-18(28)13-11-17)26(35)31-19-7-3-2-4-8-19/h5-6,9-14,19,23H,2-4,7-8,15,29H2,1H3,(H2,30,34)(H,31,35)/t23-/m1/s1. The van der Waals surface area contributed by atoms with Gasteiger partial charge in [-0.1, -0.05) is 43.5 Å². The topological polar surface area (TPSA) is 141 Å². The van der Waals surface area contributed by atoms with Crippen LogP contribution in [0.2, 0.25) is 0 Å². The maximum absolute atomic E-state index is 14.0. The van der Waals surface area contributed by atoms with Crippen LogP contribution < -0.4 is 21.5 Å². The third-order valence-electron chi connectivity index (χ3n) is 6.60. The van der Waals surface area contributed by atoms with Gasteiger partial charge in [0.05, 0.1) is 12.8 Å². The number of methoxy groups -OCH3 is 1. The monoisotopic (exact) mass is 539 g/mol. The van der Waals surface area contributed by atoms with Crippen molar-refractivity contribution in [2.75, 3.05) is 12.8 Å². The molecule has 1 aliphatic carbocycles. The first-order chi connectivity index (χ1) is 18.3. The number of anilines is 1. The van der Waals surface area contributed by atoms with Crippen LogP contribution in [0.25, 0.3) is 0 Å². The van der Waals surface area contributed by atoms with Gasteiger partial charge in [-0.25, -0.2) is 4.39 Å². The molecule has 0 aliphatic heterocycles. The van der Waals surface area contributed by atoms with Crippen LogP contribution in [0.4, 0.5) is 10.1 Å². The Morgan fingerprint density at radius 2 is 1.87 bits per heavy atom. The van der Waals surface area contributed by atoms with E-state index in [9.17, 15) is 18.8 Å². The summed E-state index contributed by atoms with van der Waals surface area (Å²) < 4.78 is 23.1. The van der Waals surface area contributed by atoms with Crippen molar-refractivity contribution in [3.8, 4) is 5.75 Å². The molecule has 3 amide bonds. The summed E-state index contributed by atoms with van der Waals surface area (Å²) in [5.74, 6) is -1.75. The molecule has 1 aliphatic rings. The van der Waals surface area contributed by atoms with Gasteiger partial charge in [0.25, 0.3) is 11.8 Å². The Labute approximate surface area is 224 Å². The smallest absolute Gasteiger partial charge is 0.270 e. The molecule has 1 saturated carbocycles. The van der Waals surface area contributed by atoms with Crippen molar-refractivity contribution in [2.45, 2.75) is 50.7 Å². The third-order valence-corrected chi connectivity index (χ3v) is 7.45. The van der Waals surface area contributed by atoms with Crippen molar-refractivity contribution >= 4 is 34.9 Å². The van der Waals surface area contributed by atoms with E-state index >= 15 is 0 Å². The van der Waals surface area contributed by atoms with E-state index in [1.54, 1.807) is 24.3 Å². The molecule has 0 saturated heterocycles. The summed E-state index contributed by atoms with van der Waals surface area (Å²) in [6, 6.07) is 11.4. The second-order valence-electron chi connectivity index (χ2n) is 9.22. The molecule has 0 bridgehead atoms. The first-order valence-electron chi connectivity index (χ1n) is 12.3. The van der Waals surface area contributed by atoms with Crippen LogP contribution in [0, 0.1) is 5.82 Å².